The highest BCUT2D eigenvalue weighted by atomic mass is 35.5. The van der Waals surface area contributed by atoms with Crippen molar-refractivity contribution in [1.82, 2.24) is 4.90 Å². The highest BCUT2D eigenvalue weighted by molar-refractivity contribution is 5.85. The number of rotatable bonds is 4. The average Bonchev–Trinajstić information content (AvgIpc) is 3.18. The number of furan rings is 1. The highest BCUT2D eigenvalue weighted by Gasteiger charge is 2.34. The summed E-state index contributed by atoms with van der Waals surface area (Å²) < 4.78 is 11.5. The number of amides is 1. The van der Waals surface area contributed by atoms with Crippen molar-refractivity contribution in [3.05, 3.63) is 36.1 Å². The van der Waals surface area contributed by atoms with E-state index >= 15 is 0 Å². The lowest BCUT2D eigenvalue weighted by Gasteiger charge is -2.26. The van der Waals surface area contributed by atoms with Gasteiger partial charge in [0.1, 0.15) is 17.4 Å². The van der Waals surface area contributed by atoms with Crippen LogP contribution in [0.5, 0.6) is 0 Å². The Hall–Kier alpha value is -1.56. The fraction of sp³-hybridized carbons (Fsp3) is 0.471. The highest BCUT2D eigenvalue weighted by Crippen LogP contribution is 2.28. The number of hydrogen-bond donors (Lipinski definition) is 1. The molecule has 126 valence electrons. The molecule has 1 fully saturated rings. The Morgan fingerprint density at radius 1 is 1.39 bits per heavy atom. The van der Waals surface area contributed by atoms with Crippen molar-refractivity contribution in [2.45, 2.75) is 38.0 Å². The number of nitrogens with two attached hydrogens (primary N) is 1. The molecule has 1 amide bonds. The molecule has 2 heterocycles. The first-order valence-corrected chi connectivity index (χ1v) is 7.71. The van der Waals surface area contributed by atoms with Gasteiger partial charge in [-0.25, -0.2) is 0 Å². The summed E-state index contributed by atoms with van der Waals surface area (Å²) in [6.45, 7) is 2.43. The van der Waals surface area contributed by atoms with Crippen LogP contribution in [0.15, 0.2) is 34.7 Å². The fourth-order valence-electron chi connectivity index (χ4n) is 2.88. The number of carbonyl (C=O) groups excluding carboxylic acids is 1. The quantitative estimate of drug-likeness (QED) is 0.930. The van der Waals surface area contributed by atoms with Crippen LogP contribution in [0, 0.1) is 0 Å². The van der Waals surface area contributed by atoms with Gasteiger partial charge in [-0.1, -0.05) is 18.2 Å². The van der Waals surface area contributed by atoms with Crippen molar-refractivity contribution in [2.75, 3.05) is 13.6 Å². The maximum atomic E-state index is 12.6. The predicted octanol–water partition coefficient (Wildman–Crippen LogP) is 2.88. The molecule has 1 aromatic carbocycles. The monoisotopic (exact) mass is 338 g/mol. The lowest BCUT2D eigenvalue weighted by molar-refractivity contribution is -0.143. The standard InChI is InChI=1S/C17H22N2O3.ClH/c1-11(16-9-12-5-3-4-6-14(12)22-16)19(2)17(20)15-8-7-13(10-18)21-15;/h3-6,9,11,13,15H,7-8,10,18H2,1-2H3;1H/t11?,13-,15+;/m1./s1. The summed E-state index contributed by atoms with van der Waals surface area (Å²) in [6.07, 6.45) is 1.20. The fourth-order valence-corrected chi connectivity index (χ4v) is 2.88. The van der Waals surface area contributed by atoms with Crippen molar-refractivity contribution in [2.24, 2.45) is 5.73 Å². The minimum absolute atomic E-state index is 0. The van der Waals surface area contributed by atoms with Gasteiger partial charge in [0.25, 0.3) is 5.91 Å². The first-order valence-electron chi connectivity index (χ1n) is 7.71. The molecule has 23 heavy (non-hydrogen) atoms. The first kappa shape index (κ1) is 17.8. The molecule has 1 aliphatic rings. The first-order chi connectivity index (χ1) is 10.6. The summed E-state index contributed by atoms with van der Waals surface area (Å²) in [5, 5.41) is 1.05. The molecule has 0 radical (unpaired) electrons. The second kappa shape index (κ2) is 7.34. The minimum atomic E-state index is -0.384. The van der Waals surface area contributed by atoms with Gasteiger partial charge >= 0.3 is 0 Å². The number of likely N-dealkylation sites (N-methyl/N-ethyl adjacent to an activating group) is 1. The van der Waals surface area contributed by atoms with E-state index in [2.05, 4.69) is 0 Å². The molecule has 0 aliphatic carbocycles. The van der Waals surface area contributed by atoms with Gasteiger partial charge in [-0.15, -0.1) is 12.4 Å². The number of hydrogen-bond acceptors (Lipinski definition) is 4. The number of ether oxygens (including phenoxy) is 1. The zero-order valence-electron chi connectivity index (χ0n) is 13.4. The van der Waals surface area contributed by atoms with Crippen molar-refractivity contribution in [3.63, 3.8) is 0 Å². The van der Waals surface area contributed by atoms with E-state index in [4.69, 9.17) is 14.9 Å². The molecular weight excluding hydrogens is 316 g/mol. The smallest absolute Gasteiger partial charge is 0.252 e. The van der Waals surface area contributed by atoms with Crippen LogP contribution in [0.1, 0.15) is 31.6 Å². The molecule has 1 aliphatic heterocycles. The average molecular weight is 339 g/mol. The van der Waals surface area contributed by atoms with E-state index < -0.39 is 0 Å². The third-order valence-corrected chi connectivity index (χ3v) is 4.43. The molecule has 2 aromatic rings. The Kier molecular flexibility index (Phi) is 5.68. The van der Waals surface area contributed by atoms with Gasteiger partial charge in [-0.3, -0.25) is 4.79 Å². The summed E-state index contributed by atoms with van der Waals surface area (Å²) in [6, 6.07) is 9.69. The van der Waals surface area contributed by atoms with Crippen LogP contribution in [0.4, 0.5) is 0 Å². The molecule has 3 atom stereocenters. The number of halogens is 1. The topological polar surface area (TPSA) is 68.7 Å². The van der Waals surface area contributed by atoms with E-state index in [0.717, 1.165) is 29.6 Å². The van der Waals surface area contributed by atoms with Gasteiger partial charge in [0.05, 0.1) is 12.1 Å². The maximum absolute atomic E-state index is 12.6. The van der Waals surface area contributed by atoms with E-state index in [-0.39, 0.29) is 36.6 Å². The van der Waals surface area contributed by atoms with Gasteiger partial charge in [-0.2, -0.15) is 0 Å². The van der Waals surface area contributed by atoms with Crippen molar-refractivity contribution in [1.29, 1.82) is 0 Å². The Morgan fingerprint density at radius 3 is 2.78 bits per heavy atom. The van der Waals surface area contributed by atoms with Crippen LogP contribution in [-0.4, -0.2) is 36.6 Å². The Morgan fingerprint density at radius 2 is 2.13 bits per heavy atom. The number of nitrogens with zero attached hydrogens (tertiary/aromatic N) is 1. The zero-order chi connectivity index (χ0) is 15.7. The van der Waals surface area contributed by atoms with E-state index in [9.17, 15) is 4.79 Å². The van der Waals surface area contributed by atoms with Crippen LogP contribution < -0.4 is 5.73 Å². The third kappa shape index (κ3) is 3.52. The number of para-hydroxylation sites is 1. The second-order valence-electron chi connectivity index (χ2n) is 5.87. The third-order valence-electron chi connectivity index (χ3n) is 4.43. The lowest BCUT2D eigenvalue weighted by atomic mass is 10.1. The van der Waals surface area contributed by atoms with Gasteiger partial charge in [0.2, 0.25) is 0 Å². The van der Waals surface area contributed by atoms with Gasteiger partial charge in [-0.05, 0) is 31.9 Å². The summed E-state index contributed by atoms with van der Waals surface area (Å²) in [5.41, 5.74) is 6.44. The predicted molar refractivity (Wildman–Crippen MR) is 91.6 cm³/mol. The van der Waals surface area contributed by atoms with E-state index in [0.29, 0.717) is 6.54 Å². The molecule has 3 rings (SSSR count). The van der Waals surface area contributed by atoms with Crippen molar-refractivity contribution in [3.8, 4) is 0 Å². The molecular formula is C17H23ClN2O3. The molecule has 6 heteroatoms. The molecule has 0 spiro atoms. The molecule has 1 unspecified atom stereocenters. The molecule has 1 aromatic heterocycles. The van der Waals surface area contributed by atoms with Crippen LogP contribution in [0.3, 0.4) is 0 Å². The number of benzene rings is 1. The SMILES string of the molecule is CC(c1cc2ccccc2o1)N(C)C(=O)[C@@H]1CC[C@H](CN)O1.Cl. The van der Waals surface area contributed by atoms with E-state index in [1.54, 1.807) is 11.9 Å². The number of carbonyl (C=O) groups is 1. The molecule has 1 saturated heterocycles. The molecule has 2 N–H and O–H groups in total. The van der Waals surface area contributed by atoms with Gasteiger partial charge in [0.15, 0.2) is 0 Å². The Bertz CT molecular complexity index is 640. The Labute approximate surface area is 142 Å². The lowest BCUT2D eigenvalue weighted by Crippen LogP contribution is -2.38. The largest absolute Gasteiger partial charge is 0.459 e. The summed E-state index contributed by atoms with van der Waals surface area (Å²) in [5.74, 6) is 0.773. The van der Waals surface area contributed by atoms with E-state index in [1.807, 2.05) is 37.3 Å². The molecule has 0 saturated carbocycles. The second-order valence-corrected chi connectivity index (χ2v) is 5.87. The molecule has 5 nitrogen and oxygen atoms in total. The van der Waals surface area contributed by atoms with Crippen LogP contribution >= 0.6 is 12.4 Å². The summed E-state index contributed by atoms with van der Waals surface area (Å²) in [4.78, 5) is 14.3. The van der Waals surface area contributed by atoms with Crippen molar-refractivity contribution < 1.29 is 13.9 Å². The Balaban J connectivity index is 0.00000192. The summed E-state index contributed by atoms with van der Waals surface area (Å²) in [7, 11) is 1.79. The number of fused-ring (bicyclic) bond motifs is 1. The minimum Gasteiger partial charge on any atom is -0.459 e. The summed E-state index contributed by atoms with van der Waals surface area (Å²) >= 11 is 0. The zero-order valence-corrected chi connectivity index (χ0v) is 14.2. The van der Waals surface area contributed by atoms with Crippen LogP contribution in [0.25, 0.3) is 11.0 Å². The van der Waals surface area contributed by atoms with Crippen molar-refractivity contribution >= 4 is 29.3 Å². The maximum Gasteiger partial charge on any atom is 0.252 e. The normalized spacial score (nSPS) is 21.9. The van der Waals surface area contributed by atoms with Gasteiger partial charge < -0.3 is 19.8 Å². The van der Waals surface area contributed by atoms with Crippen LogP contribution in [0.2, 0.25) is 0 Å². The van der Waals surface area contributed by atoms with E-state index in [1.165, 1.54) is 0 Å². The van der Waals surface area contributed by atoms with Crippen LogP contribution in [-0.2, 0) is 9.53 Å². The van der Waals surface area contributed by atoms with Gasteiger partial charge in [0, 0.05) is 19.0 Å². The molecule has 0 bridgehead atoms.